The van der Waals surface area contributed by atoms with Gasteiger partial charge in [0.2, 0.25) is 5.91 Å². The van der Waals surface area contributed by atoms with Gasteiger partial charge >= 0.3 is 0 Å². The minimum absolute atomic E-state index is 0.0175. The number of carbonyl (C=O) groups excluding carboxylic acids is 3. The Hall–Kier alpha value is -2.44. The zero-order chi connectivity index (χ0) is 17.7. The molecule has 7 nitrogen and oxygen atoms in total. The fourth-order valence-electron chi connectivity index (χ4n) is 2.48. The summed E-state index contributed by atoms with van der Waals surface area (Å²) in [7, 11) is 0. The van der Waals surface area contributed by atoms with Crippen LogP contribution in [0, 0.1) is 0 Å². The first-order valence-electron chi connectivity index (χ1n) is 8.24. The molecule has 1 aromatic heterocycles. The molecule has 1 aliphatic rings. The van der Waals surface area contributed by atoms with Crippen molar-refractivity contribution in [3.63, 3.8) is 0 Å². The third kappa shape index (κ3) is 4.31. The highest BCUT2D eigenvalue weighted by molar-refractivity contribution is 5.98. The fraction of sp³-hybridized carbons (Fsp3) is 0.529. The van der Waals surface area contributed by atoms with Crippen molar-refractivity contribution in [3.8, 4) is 0 Å². The van der Waals surface area contributed by atoms with Gasteiger partial charge in [0.25, 0.3) is 11.8 Å². The number of nitrogens with zero attached hydrogens (tertiary/aromatic N) is 3. The highest BCUT2D eigenvalue weighted by atomic mass is 16.2. The van der Waals surface area contributed by atoms with Crippen molar-refractivity contribution in [2.24, 2.45) is 0 Å². The summed E-state index contributed by atoms with van der Waals surface area (Å²) in [5.74, 6) is -0.400. The van der Waals surface area contributed by atoms with Crippen LogP contribution in [-0.2, 0) is 4.79 Å². The Morgan fingerprint density at radius 1 is 1.21 bits per heavy atom. The van der Waals surface area contributed by atoms with E-state index in [1.54, 1.807) is 15.9 Å². The standard InChI is InChI=1S/C17H24N4O3/c1-4-12(2)19-16(23)14-5-6-18-15(11-14)17(24)21-9-7-20(8-10-21)13(3)22/h5-6,11-12H,4,7-10H2,1-3H3,(H,19,23). The van der Waals surface area contributed by atoms with Gasteiger partial charge in [0.05, 0.1) is 0 Å². The summed E-state index contributed by atoms with van der Waals surface area (Å²) in [5, 5.41) is 2.87. The average Bonchev–Trinajstić information content (AvgIpc) is 2.61. The van der Waals surface area contributed by atoms with Crippen molar-refractivity contribution in [1.29, 1.82) is 0 Å². The number of piperazine rings is 1. The molecule has 1 atom stereocenters. The summed E-state index contributed by atoms with van der Waals surface area (Å²) in [5.41, 5.74) is 0.680. The molecule has 1 saturated heterocycles. The zero-order valence-corrected chi connectivity index (χ0v) is 14.4. The van der Waals surface area contributed by atoms with E-state index in [1.807, 2.05) is 13.8 Å². The Morgan fingerprint density at radius 2 is 1.83 bits per heavy atom. The predicted molar refractivity (Wildman–Crippen MR) is 89.6 cm³/mol. The molecule has 1 aliphatic heterocycles. The SMILES string of the molecule is CCC(C)NC(=O)c1ccnc(C(=O)N2CCN(C(C)=O)CC2)c1. The largest absolute Gasteiger partial charge is 0.350 e. The van der Waals surface area contributed by atoms with E-state index in [1.165, 1.54) is 19.2 Å². The van der Waals surface area contributed by atoms with E-state index in [2.05, 4.69) is 10.3 Å². The van der Waals surface area contributed by atoms with Crippen molar-refractivity contribution >= 4 is 17.7 Å². The monoisotopic (exact) mass is 332 g/mol. The van der Waals surface area contributed by atoms with E-state index in [9.17, 15) is 14.4 Å². The second kappa shape index (κ2) is 7.90. The molecule has 0 saturated carbocycles. The normalized spacial score (nSPS) is 15.8. The average molecular weight is 332 g/mol. The van der Waals surface area contributed by atoms with Crippen LogP contribution in [0.15, 0.2) is 18.3 Å². The van der Waals surface area contributed by atoms with Crippen LogP contribution in [0.3, 0.4) is 0 Å². The van der Waals surface area contributed by atoms with Gasteiger partial charge in [-0.25, -0.2) is 0 Å². The van der Waals surface area contributed by atoms with Gasteiger partial charge in [-0.3, -0.25) is 19.4 Å². The van der Waals surface area contributed by atoms with Crippen LogP contribution < -0.4 is 5.32 Å². The highest BCUT2D eigenvalue weighted by Crippen LogP contribution is 2.09. The molecule has 2 heterocycles. The highest BCUT2D eigenvalue weighted by Gasteiger charge is 2.24. The van der Waals surface area contributed by atoms with Crippen LogP contribution in [0.1, 0.15) is 48.0 Å². The second-order valence-corrected chi connectivity index (χ2v) is 6.01. The number of carbonyl (C=O) groups is 3. The Bertz CT molecular complexity index is 624. The van der Waals surface area contributed by atoms with Gasteiger partial charge in [-0.15, -0.1) is 0 Å². The summed E-state index contributed by atoms with van der Waals surface area (Å²) < 4.78 is 0. The lowest BCUT2D eigenvalue weighted by atomic mass is 10.1. The minimum atomic E-state index is -0.212. The first-order chi connectivity index (χ1) is 11.4. The zero-order valence-electron chi connectivity index (χ0n) is 14.4. The van der Waals surface area contributed by atoms with Gasteiger partial charge in [-0.05, 0) is 25.5 Å². The third-order valence-electron chi connectivity index (χ3n) is 4.24. The molecule has 24 heavy (non-hydrogen) atoms. The van der Waals surface area contributed by atoms with Gasteiger partial charge < -0.3 is 15.1 Å². The van der Waals surface area contributed by atoms with Crippen molar-refractivity contribution in [2.45, 2.75) is 33.2 Å². The van der Waals surface area contributed by atoms with Crippen LogP contribution in [0.2, 0.25) is 0 Å². The number of rotatable bonds is 4. The molecule has 0 bridgehead atoms. The quantitative estimate of drug-likeness (QED) is 0.888. The molecule has 1 unspecified atom stereocenters. The molecule has 1 aromatic rings. The molecule has 2 rings (SSSR count). The number of hydrogen-bond donors (Lipinski definition) is 1. The lowest BCUT2D eigenvalue weighted by Gasteiger charge is -2.34. The first-order valence-corrected chi connectivity index (χ1v) is 8.24. The molecular formula is C17H24N4O3. The molecule has 7 heteroatoms. The number of amides is 3. The maximum absolute atomic E-state index is 12.6. The van der Waals surface area contributed by atoms with Crippen molar-refractivity contribution in [2.75, 3.05) is 26.2 Å². The van der Waals surface area contributed by atoms with E-state index < -0.39 is 0 Å². The molecule has 0 radical (unpaired) electrons. The van der Waals surface area contributed by atoms with E-state index >= 15 is 0 Å². The first kappa shape index (κ1) is 17.9. The molecule has 0 aliphatic carbocycles. The molecule has 1 N–H and O–H groups in total. The number of nitrogens with one attached hydrogen (secondary N) is 1. The Labute approximate surface area is 142 Å². The van der Waals surface area contributed by atoms with Gasteiger partial charge in [0.15, 0.2) is 0 Å². The smallest absolute Gasteiger partial charge is 0.272 e. The summed E-state index contributed by atoms with van der Waals surface area (Å²) in [6.07, 6.45) is 2.31. The van der Waals surface area contributed by atoms with E-state index in [4.69, 9.17) is 0 Å². The lowest BCUT2D eigenvalue weighted by molar-refractivity contribution is -0.130. The van der Waals surface area contributed by atoms with E-state index in [0.29, 0.717) is 31.7 Å². The van der Waals surface area contributed by atoms with Crippen LogP contribution in [0.25, 0.3) is 0 Å². The molecule has 3 amide bonds. The minimum Gasteiger partial charge on any atom is -0.350 e. The molecular weight excluding hydrogens is 308 g/mol. The van der Waals surface area contributed by atoms with Gasteiger partial charge in [0.1, 0.15) is 5.69 Å². The maximum atomic E-state index is 12.6. The number of aromatic nitrogens is 1. The van der Waals surface area contributed by atoms with Crippen LogP contribution in [0.5, 0.6) is 0 Å². The molecule has 0 spiro atoms. The fourth-order valence-corrected chi connectivity index (χ4v) is 2.48. The predicted octanol–water partition coefficient (Wildman–Crippen LogP) is 0.914. The Morgan fingerprint density at radius 3 is 2.42 bits per heavy atom. The lowest BCUT2D eigenvalue weighted by Crippen LogP contribution is -2.50. The van der Waals surface area contributed by atoms with Crippen LogP contribution in [0.4, 0.5) is 0 Å². The summed E-state index contributed by atoms with van der Waals surface area (Å²) >= 11 is 0. The van der Waals surface area contributed by atoms with Crippen LogP contribution >= 0.6 is 0 Å². The molecule has 130 valence electrons. The van der Waals surface area contributed by atoms with Crippen LogP contribution in [-0.4, -0.2) is 64.7 Å². The Balaban J connectivity index is 2.04. The van der Waals surface area contributed by atoms with E-state index in [0.717, 1.165) is 6.42 Å². The third-order valence-corrected chi connectivity index (χ3v) is 4.24. The van der Waals surface area contributed by atoms with Crippen molar-refractivity contribution < 1.29 is 14.4 Å². The van der Waals surface area contributed by atoms with Crippen molar-refractivity contribution in [3.05, 3.63) is 29.6 Å². The van der Waals surface area contributed by atoms with Crippen molar-refractivity contribution in [1.82, 2.24) is 20.1 Å². The van der Waals surface area contributed by atoms with Gasteiger partial charge in [-0.1, -0.05) is 6.92 Å². The number of hydrogen-bond acceptors (Lipinski definition) is 4. The summed E-state index contributed by atoms with van der Waals surface area (Å²) in [4.78, 5) is 43.6. The summed E-state index contributed by atoms with van der Waals surface area (Å²) in [6, 6.07) is 3.20. The maximum Gasteiger partial charge on any atom is 0.272 e. The van der Waals surface area contributed by atoms with Gasteiger partial charge in [-0.2, -0.15) is 0 Å². The Kier molecular flexibility index (Phi) is 5.89. The number of pyridine rings is 1. The topological polar surface area (TPSA) is 82.6 Å². The molecule has 1 fully saturated rings. The second-order valence-electron chi connectivity index (χ2n) is 6.01. The summed E-state index contributed by atoms with van der Waals surface area (Å²) in [6.45, 7) is 7.45. The van der Waals surface area contributed by atoms with E-state index in [-0.39, 0.29) is 29.5 Å². The van der Waals surface area contributed by atoms with Gasteiger partial charge in [0, 0.05) is 50.9 Å². The molecule has 0 aromatic carbocycles.